The first kappa shape index (κ1) is 14.2. The molecule has 0 aliphatic carbocycles. The second-order valence-corrected chi connectivity index (χ2v) is 5.40. The Morgan fingerprint density at radius 2 is 1.57 bits per heavy atom. The molecule has 0 heterocycles. The highest BCUT2D eigenvalue weighted by atomic mass is 35.5. The van der Waals surface area contributed by atoms with E-state index in [9.17, 15) is 0 Å². The van der Waals surface area contributed by atoms with Gasteiger partial charge in [0.2, 0.25) is 0 Å². The number of unbranched alkanes of at least 4 members (excludes halogenated alkanes) is 3. The van der Waals surface area contributed by atoms with Crippen LogP contribution in [0.2, 0.25) is 0 Å². The van der Waals surface area contributed by atoms with Crippen molar-refractivity contribution in [3.8, 4) is 0 Å². The number of alkyl halides is 1. The Hall–Kier alpha value is 0.250. The molecular formula is C12H25ClO. The van der Waals surface area contributed by atoms with Gasteiger partial charge in [-0.05, 0) is 24.7 Å². The largest absolute Gasteiger partial charge is 0.381 e. The minimum Gasteiger partial charge on any atom is -0.381 e. The SMILES string of the molecule is CC(C)(C)CCOCCCCCCCl. The highest BCUT2D eigenvalue weighted by Crippen LogP contribution is 2.17. The van der Waals surface area contributed by atoms with Crippen LogP contribution in [0.4, 0.5) is 0 Å². The van der Waals surface area contributed by atoms with E-state index in [2.05, 4.69) is 20.8 Å². The summed E-state index contributed by atoms with van der Waals surface area (Å²) in [6, 6.07) is 0. The highest BCUT2D eigenvalue weighted by Gasteiger charge is 2.08. The fraction of sp³-hybridized carbons (Fsp3) is 1.00. The number of halogens is 1. The summed E-state index contributed by atoms with van der Waals surface area (Å²) in [6.07, 6.45) is 5.97. The van der Waals surface area contributed by atoms with Crippen LogP contribution in [0.3, 0.4) is 0 Å². The summed E-state index contributed by atoms with van der Waals surface area (Å²) < 4.78 is 5.56. The lowest BCUT2D eigenvalue weighted by Crippen LogP contribution is -2.09. The van der Waals surface area contributed by atoms with Gasteiger partial charge in [0.1, 0.15) is 0 Å². The van der Waals surface area contributed by atoms with Gasteiger partial charge in [-0.2, -0.15) is 0 Å². The molecule has 0 atom stereocenters. The van der Waals surface area contributed by atoms with E-state index in [1.165, 1.54) is 19.3 Å². The zero-order valence-corrected chi connectivity index (χ0v) is 10.7. The number of hydrogen-bond acceptors (Lipinski definition) is 1. The monoisotopic (exact) mass is 220 g/mol. The number of hydrogen-bond donors (Lipinski definition) is 0. The van der Waals surface area contributed by atoms with Gasteiger partial charge in [0.05, 0.1) is 0 Å². The van der Waals surface area contributed by atoms with E-state index in [4.69, 9.17) is 16.3 Å². The normalized spacial score (nSPS) is 12.0. The van der Waals surface area contributed by atoms with Crippen LogP contribution in [0.1, 0.15) is 52.9 Å². The second kappa shape index (κ2) is 8.55. The van der Waals surface area contributed by atoms with Crippen molar-refractivity contribution in [3.63, 3.8) is 0 Å². The van der Waals surface area contributed by atoms with Gasteiger partial charge in [0.25, 0.3) is 0 Å². The first-order chi connectivity index (χ1) is 6.56. The first-order valence-corrected chi connectivity index (χ1v) is 6.23. The summed E-state index contributed by atoms with van der Waals surface area (Å²) in [5.74, 6) is 0.797. The Kier molecular flexibility index (Phi) is 8.70. The van der Waals surface area contributed by atoms with Crippen molar-refractivity contribution in [1.82, 2.24) is 0 Å². The molecule has 0 spiro atoms. The van der Waals surface area contributed by atoms with Crippen molar-refractivity contribution in [2.24, 2.45) is 5.41 Å². The highest BCUT2D eigenvalue weighted by molar-refractivity contribution is 6.17. The fourth-order valence-corrected chi connectivity index (χ4v) is 1.32. The lowest BCUT2D eigenvalue weighted by Gasteiger charge is -2.17. The Bertz CT molecular complexity index is 118. The van der Waals surface area contributed by atoms with E-state index in [1.807, 2.05) is 0 Å². The topological polar surface area (TPSA) is 9.23 Å². The average molecular weight is 221 g/mol. The Labute approximate surface area is 94.2 Å². The summed E-state index contributed by atoms with van der Waals surface area (Å²) in [5, 5.41) is 0. The third-order valence-corrected chi connectivity index (χ3v) is 2.44. The van der Waals surface area contributed by atoms with Crippen LogP contribution in [0.5, 0.6) is 0 Å². The van der Waals surface area contributed by atoms with Gasteiger partial charge < -0.3 is 4.74 Å². The Morgan fingerprint density at radius 3 is 2.14 bits per heavy atom. The Balaban J connectivity index is 2.99. The van der Waals surface area contributed by atoms with Crippen molar-refractivity contribution in [2.45, 2.75) is 52.9 Å². The molecule has 0 saturated carbocycles. The van der Waals surface area contributed by atoms with E-state index < -0.39 is 0 Å². The zero-order valence-electron chi connectivity index (χ0n) is 9.94. The molecule has 0 aliphatic heterocycles. The van der Waals surface area contributed by atoms with Crippen molar-refractivity contribution in [1.29, 1.82) is 0 Å². The number of ether oxygens (including phenoxy) is 1. The van der Waals surface area contributed by atoms with Crippen molar-refractivity contribution < 1.29 is 4.74 Å². The van der Waals surface area contributed by atoms with Crippen molar-refractivity contribution in [2.75, 3.05) is 19.1 Å². The van der Waals surface area contributed by atoms with Crippen LogP contribution in [0, 0.1) is 5.41 Å². The molecule has 0 saturated heterocycles. The van der Waals surface area contributed by atoms with Gasteiger partial charge in [-0.3, -0.25) is 0 Å². The third-order valence-electron chi connectivity index (χ3n) is 2.17. The van der Waals surface area contributed by atoms with Gasteiger partial charge in [-0.1, -0.05) is 33.6 Å². The summed E-state index contributed by atoms with van der Waals surface area (Å²) in [5.41, 5.74) is 0.401. The maximum atomic E-state index is 5.58. The van der Waals surface area contributed by atoms with Gasteiger partial charge in [0.15, 0.2) is 0 Å². The Morgan fingerprint density at radius 1 is 0.929 bits per heavy atom. The molecule has 0 fully saturated rings. The second-order valence-electron chi connectivity index (χ2n) is 5.03. The smallest absolute Gasteiger partial charge is 0.0471 e. The lowest BCUT2D eigenvalue weighted by molar-refractivity contribution is 0.105. The van der Waals surface area contributed by atoms with Gasteiger partial charge in [-0.15, -0.1) is 11.6 Å². The molecule has 0 bridgehead atoms. The van der Waals surface area contributed by atoms with E-state index in [0.717, 1.165) is 31.9 Å². The van der Waals surface area contributed by atoms with Gasteiger partial charge >= 0.3 is 0 Å². The molecular weight excluding hydrogens is 196 g/mol. The maximum absolute atomic E-state index is 5.58. The summed E-state index contributed by atoms with van der Waals surface area (Å²) >= 11 is 5.58. The molecule has 0 aliphatic rings. The first-order valence-electron chi connectivity index (χ1n) is 5.70. The molecule has 1 nitrogen and oxygen atoms in total. The molecule has 0 aromatic carbocycles. The average Bonchev–Trinajstić information content (AvgIpc) is 2.08. The van der Waals surface area contributed by atoms with Crippen molar-refractivity contribution >= 4 is 11.6 Å². The van der Waals surface area contributed by atoms with Crippen LogP contribution in [-0.2, 0) is 4.74 Å². The van der Waals surface area contributed by atoms with Crippen LogP contribution in [0.25, 0.3) is 0 Å². The minimum absolute atomic E-state index is 0.401. The van der Waals surface area contributed by atoms with E-state index in [0.29, 0.717) is 5.41 Å². The molecule has 14 heavy (non-hydrogen) atoms. The summed E-state index contributed by atoms with van der Waals surface area (Å²) in [7, 11) is 0. The fourth-order valence-electron chi connectivity index (χ4n) is 1.13. The lowest BCUT2D eigenvalue weighted by atomic mass is 9.93. The molecule has 0 radical (unpaired) electrons. The molecule has 0 amide bonds. The molecule has 0 rings (SSSR count). The zero-order chi connectivity index (χ0) is 10.9. The summed E-state index contributed by atoms with van der Waals surface area (Å²) in [4.78, 5) is 0. The van der Waals surface area contributed by atoms with E-state index >= 15 is 0 Å². The molecule has 0 aromatic heterocycles. The maximum Gasteiger partial charge on any atom is 0.0471 e. The summed E-state index contributed by atoms with van der Waals surface area (Å²) in [6.45, 7) is 8.56. The van der Waals surface area contributed by atoms with E-state index in [1.54, 1.807) is 0 Å². The predicted octanol–water partition coefficient (Wildman–Crippen LogP) is 4.24. The number of rotatable bonds is 8. The molecule has 0 aromatic rings. The standard InChI is InChI=1S/C12H25ClO/c1-12(2,3)8-11-14-10-7-5-4-6-9-13/h4-11H2,1-3H3. The quantitative estimate of drug-likeness (QED) is 0.439. The van der Waals surface area contributed by atoms with Crippen LogP contribution < -0.4 is 0 Å². The molecule has 0 unspecified atom stereocenters. The van der Waals surface area contributed by atoms with Crippen LogP contribution >= 0.6 is 11.6 Å². The van der Waals surface area contributed by atoms with Crippen LogP contribution in [0.15, 0.2) is 0 Å². The molecule has 2 heteroatoms. The third kappa shape index (κ3) is 12.2. The predicted molar refractivity (Wildman–Crippen MR) is 64.1 cm³/mol. The van der Waals surface area contributed by atoms with Gasteiger partial charge in [0, 0.05) is 19.1 Å². The molecule has 86 valence electrons. The minimum atomic E-state index is 0.401. The van der Waals surface area contributed by atoms with Crippen LogP contribution in [-0.4, -0.2) is 19.1 Å². The molecule has 0 N–H and O–H groups in total. The van der Waals surface area contributed by atoms with E-state index in [-0.39, 0.29) is 0 Å². The van der Waals surface area contributed by atoms with Gasteiger partial charge in [-0.25, -0.2) is 0 Å². The van der Waals surface area contributed by atoms with Crippen molar-refractivity contribution in [3.05, 3.63) is 0 Å².